The Hall–Kier alpha value is -0.330. The normalized spacial score (nSPS) is 22.7. The number of hydrogen-bond donors (Lipinski definition) is 2. The Kier molecular flexibility index (Phi) is 9.75. The van der Waals surface area contributed by atoms with E-state index in [0.29, 0.717) is 17.5 Å². The molecule has 1 aromatic rings. The first-order chi connectivity index (χ1) is 11.2. The average molecular weight is 427 g/mol. The van der Waals surface area contributed by atoms with E-state index in [1.807, 2.05) is 30.0 Å². The Bertz CT molecular complexity index is 570. The van der Waals surface area contributed by atoms with Gasteiger partial charge in [-0.25, -0.2) is 0 Å². The molecule has 1 aromatic carbocycles. The highest BCUT2D eigenvalue weighted by atomic mass is 35.5. The molecular weight excluding hydrogens is 401 g/mol. The molecule has 0 spiro atoms. The molecular formula is C17H26Cl3N3OS. The number of carbonyl (C=O) groups is 1. The largest absolute Gasteiger partial charge is 0.368 e. The van der Waals surface area contributed by atoms with Crippen molar-refractivity contribution in [3.63, 3.8) is 0 Å². The fourth-order valence-electron chi connectivity index (χ4n) is 3.58. The first-order valence-corrected chi connectivity index (χ1v) is 9.85. The zero-order valence-corrected chi connectivity index (χ0v) is 17.3. The predicted molar refractivity (Wildman–Crippen MR) is 114 cm³/mol. The van der Waals surface area contributed by atoms with Crippen molar-refractivity contribution in [3.8, 4) is 0 Å². The highest BCUT2D eigenvalue weighted by Crippen LogP contribution is 2.35. The summed E-state index contributed by atoms with van der Waals surface area (Å²) in [6.45, 7) is 2.60. The molecule has 0 radical (unpaired) electrons. The summed E-state index contributed by atoms with van der Waals surface area (Å²) in [6, 6.07) is 5.78. The van der Waals surface area contributed by atoms with Gasteiger partial charge in [0, 0.05) is 35.5 Å². The van der Waals surface area contributed by atoms with Crippen LogP contribution in [0, 0.1) is 11.8 Å². The van der Waals surface area contributed by atoms with E-state index in [1.54, 1.807) is 0 Å². The standard InChI is InChI=1S/C17H24ClN3OS.2ClH/c18-13-4-5-16(21-6-8-23-9-7-21)15(10-13)20-17(22)14-3-1-2-12(14)11-19;;/h4-5,10,12,14H,1-3,6-9,11,19H2,(H,20,22);2*1H/t12-,14-;;/m1../s1. The van der Waals surface area contributed by atoms with Gasteiger partial charge in [-0.15, -0.1) is 24.8 Å². The lowest BCUT2D eigenvalue weighted by Gasteiger charge is -2.30. The van der Waals surface area contributed by atoms with Crippen LogP contribution in [0.2, 0.25) is 5.02 Å². The zero-order chi connectivity index (χ0) is 16.2. The summed E-state index contributed by atoms with van der Waals surface area (Å²) in [6.07, 6.45) is 3.08. The van der Waals surface area contributed by atoms with Crippen LogP contribution >= 0.6 is 48.2 Å². The highest BCUT2D eigenvalue weighted by molar-refractivity contribution is 7.99. The molecule has 25 heavy (non-hydrogen) atoms. The fraction of sp³-hybridized carbons (Fsp3) is 0.588. The summed E-state index contributed by atoms with van der Waals surface area (Å²) >= 11 is 8.13. The lowest BCUT2D eigenvalue weighted by Crippen LogP contribution is -2.34. The molecule has 1 saturated carbocycles. The van der Waals surface area contributed by atoms with Crippen molar-refractivity contribution in [1.82, 2.24) is 0 Å². The van der Waals surface area contributed by atoms with E-state index in [1.165, 1.54) is 0 Å². The maximum atomic E-state index is 12.7. The highest BCUT2D eigenvalue weighted by Gasteiger charge is 2.32. The molecule has 2 fully saturated rings. The van der Waals surface area contributed by atoms with Crippen molar-refractivity contribution in [2.45, 2.75) is 19.3 Å². The topological polar surface area (TPSA) is 58.4 Å². The minimum atomic E-state index is 0. The first-order valence-electron chi connectivity index (χ1n) is 8.32. The van der Waals surface area contributed by atoms with Gasteiger partial charge in [-0.05, 0) is 43.5 Å². The van der Waals surface area contributed by atoms with Crippen molar-refractivity contribution >= 4 is 65.5 Å². The van der Waals surface area contributed by atoms with Crippen LogP contribution in [0.3, 0.4) is 0 Å². The van der Waals surface area contributed by atoms with Gasteiger partial charge < -0.3 is 16.0 Å². The van der Waals surface area contributed by atoms with Crippen LogP contribution in [0.15, 0.2) is 18.2 Å². The monoisotopic (exact) mass is 425 g/mol. The summed E-state index contributed by atoms with van der Waals surface area (Å²) in [5.41, 5.74) is 7.72. The van der Waals surface area contributed by atoms with Gasteiger partial charge in [0.25, 0.3) is 0 Å². The third-order valence-electron chi connectivity index (χ3n) is 4.87. The molecule has 8 heteroatoms. The minimum absolute atomic E-state index is 0. The molecule has 4 nitrogen and oxygen atoms in total. The molecule has 3 N–H and O–H groups in total. The van der Waals surface area contributed by atoms with Gasteiger partial charge in [0.1, 0.15) is 0 Å². The van der Waals surface area contributed by atoms with Gasteiger partial charge in [-0.2, -0.15) is 11.8 Å². The molecule has 3 rings (SSSR count). The predicted octanol–water partition coefficient (Wildman–Crippen LogP) is 4.05. The Labute approximate surface area is 171 Å². The number of halogens is 3. The summed E-state index contributed by atoms with van der Waals surface area (Å²) in [5, 5.41) is 3.78. The van der Waals surface area contributed by atoms with Crippen LogP contribution in [0.5, 0.6) is 0 Å². The van der Waals surface area contributed by atoms with E-state index >= 15 is 0 Å². The molecule has 2 aliphatic rings. The summed E-state index contributed by atoms with van der Waals surface area (Å²) < 4.78 is 0. The number of thioether (sulfide) groups is 1. The third kappa shape index (κ3) is 5.57. The van der Waals surface area contributed by atoms with Crippen LogP contribution in [0.1, 0.15) is 19.3 Å². The molecule has 1 aliphatic carbocycles. The third-order valence-corrected chi connectivity index (χ3v) is 6.04. The fourth-order valence-corrected chi connectivity index (χ4v) is 4.65. The first kappa shape index (κ1) is 22.7. The van der Waals surface area contributed by atoms with E-state index < -0.39 is 0 Å². The smallest absolute Gasteiger partial charge is 0.227 e. The van der Waals surface area contributed by atoms with Gasteiger partial charge >= 0.3 is 0 Å². The van der Waals surface area contributed by atoms with Gasteiger partial charge in [0.2, 0.25) is 5.91 Å². The number of carbonyl (C=O) groups excluding carboxylic acids is 1. The lowest BCUT2D eigenvalue weighted by molar-refractivity contribution is -0.120. The SMILES string of the molecule is Cl.Cl.NC[C@H]1CCC[C@H]1C(=O)Nc1cc(Cl)ccc1N1CCSCC1. The van der Waals surface area contributed by atoms with Crippen molar-refractivity contribution in [2.24, 2.45) is 17.6 Å². The van der Waals surface area contributed by atoms with E-state index in [2.05, 4.69) is 10.2 Å². The van der Waals surface area contributed by atoms with E-state index in [0.717, 1.165) is 55.2 Å². The maximum absolute atomic E-state index is 12.7. The molecule has 142 valence electrons. The van der Waals surface area contributed by atoms with E-state index in [4.69, 9.17) is 17.3 Å². The second kappa shape index (κ2) is 10.7. The number of nitrogens with two attached hydrogens (primary N) is 1. The summed E-state index contributed by atoms with van der Waals surface area (Å²) in [7, 11) is 0. The van der Waals surface area contributed by atoms with E-state index in [-0.39, 0.29) is 36.6 Å². The molecule has 1 heterocycles. The second-order valence-electron chi connectivity index (χ2n) is 6.28. The molecule has 1 amide bonds. The molecule has 1 saturated heterocycles. The van der Waals surface area contributed by atoms with Crippen LogP contribution in [-0.2, 0) is 4.79 Å². The molecule has 0 unspecified atom stereocenters. The lowest BCUT2D eigenvalue weighted by atomic mass is 9.95. The molecule has 2 atom stereocenters. The van der Waals surface area contributed by atoms with Gasteiger partial charge in [0.15, 0.2) is 0 Å². The van der Waals surface area contributed by atoms with Crippen LogP contribution in [0.25, 0.3) is 0 Å². The minimum Gasteiger partial charge on any atom is -0.368 e. The number of rotatable bonds is 4. The quantitative estimate of drug-likeness (QED) is 0.762. The Morgan fingerprint density at radius 1 is 1.28 bits per heavy atom. The number of anilines is 2. The summed E-state index contributed by atoms with van der Waals surface area (Å²) in [5.74, 6) is 2.67. The van der Waals surface area contributed by atoms with Crippen molar-refractivity contribution in [1.29, 1.82) is 0 Å². The Morgan fingerprint density at radius 3 is 2.68 bits per heavy atom. The van der Waals surface area contributed by atoms with Crippen molar-refractivity contribution in [3.05, 3.63) is 23.2 Å². The van der Waals surface area contributed by atoms with Gasteiger partial charge in [-0.3, -0.25) is 4.79 Å². The van der Waals surface area contributed by atoms with Gasteiger partial charge in [-0.1, -0.05) is 18.0 Å². The second-order valence-corrected chi connectivity index (χ2v) is 7.94. The van der Waals surface area contributed by atoms with Crippen molar-refractivity contribution < 1.29 is 4.79 Å². The number of benzene rings is 1. The Balaban J connectivity index is 0.00000156. The van der Waals surface area contributed by atoms with Gasteiger partial charge in [0.05, 0.1) is 11.4 Å². The van der Waals surface area contributed by atoms with Crippen LogP contribution < -0.4 is 16.0 Å². The number of amides is 1. The van der Waals surface area contributed by atoms with Crippen LogP contribution in [-0.4, -0.2) is 37.0 Å². The van der Waals surface area contributed by atoms with Crippen molar-refractivity contribution in [2.75, 3.05) is 41.4 Å². The zero-order valence-electron chi connectivity index (χ0n) is 14.1. The number of hydrogen-bond acceptors (Lipinski definition) is 4. The maximum Gasteiger partial charge on any atom is 0.227 e. The summed E-state index contributed by atoms with van der Waals surface area (Å²) in [4.78, 5) is 15.0. The average Bonchev–Trinajstić information content (AvgIpc) is 3.04. The number of nitrogens with zero attached hydrogens (tertiary/aromatic N) is 1. The number of nitrogens with one attached hydrogen (secondary N) is 1. The molecule has 0 bridgehead atoms. The Morgan fingerprint density at radius 2 is 2.00 bits per heavy atom. The molecule has 1 aliphatic heterocycles. The molecule has 0 aromatic heterocycles. The van der Waals surface area contributed by atoms with E-state index in [9.17, 15) is 4.79 Å². The van der Waals surface area contributed by atoms with Crippen LogP contribution in [0.4, 0.5) is 11.4 Å².